The monoisotopic (exact) mass is 439 g/mol. The van der Waals surface area contributed by atoms with Gasteiger partial charge in [0.25, 0.3) is 5.56 Å². The standard InChI is InChI=1S/C23H25N3O4S/c1-14(2)10-11-24-20(27)12-15-4-7-17(8-5-15)26-21(28)18-9-6-16(22(29)30-3)13-19(18)25-23(26)31/h4-9,13-14H,10-12H2,1-3H3,(H,24,27)(H,25,31). The number of nitrogens with zero attached hydrogens (tertiary/aromatic N) is 1. The molecule has 31 heavy (non-hydrogen) atoms. The van der Waals surface area contributed by atoms with Crippen molar-refractivity contribution >= 4 is 35.0 Å². The van der Waals surface area contributed by atoms with Crippen molar-refractivity contribution in [2.24, 2.45) is 5.92 Å². The first-order valence-electron chi connectivity index (χ1n) is 10.0. The van der Waals surface area contributed by atoms with Crippen LogP contribution in [0.1, 0.15) is 36.2 Å². The SMILES string of the molecule is COC(=O)c1ccc2c(=O)n(-c3ccc(CC(=O)NCCC(C)C)cc3)c(=S)[nH]c2c1. The average Bonchev–Trinajstić information content (AvgIpc) is 2.73. The molecular formula is C23H25N3O4S. The van der Waals surface area contributed by atoms with Gasteiger partial charge in [0.2, 0.25) is 5.91 Å². The number of amides is 1. The molecule has 0 aliphatic heterocycles. The molecule has 3 rings (SSSR count). The number of hydrogen-bond donors (Lipinski definition) is 2. The summed E-state index contributed by atoms with van der Waals surface area (Å²) in [5, 5.41) is 3.31. The Hall–Kier alpha value is -3.26. The van der Waals surface area contributed by atoms with E-state index in [0.29, 0.717) is 34.6 Å². The molecule has 2 aromatic carbocycles. The first-order valence-corrected chi connectivity index (χ1v) is 10.4. The summed E-state index contributed by atoms with van der Waals surface area (Å²) in [6, 6.07) is 11.8. The van der Waals surface area contributed by atoms with Gasteiger partial charge < -0.3 is 15.0 Å². The number of rotatable bonds is 7. The van der Waals surface area contributed by atoms with Crippen LogP contribution in [0.25, 0.3) is 16.6 Å². The van der Waals surface area contributed by atoms with Crippen LogP contribution in [0, 0.1) is 10.7 Å². The number of carbonyl (C=O) groups is 2. The zero-order valence-electron chi connectivity index (χ0n) is 17.7. The maximum Gasteiger partial charge on any atom is 0.337 e. The molecule has 1 amide bonds. The van der Waals surface area contributed by atoms with Gasteiger partial charge in [-0.15, -0.1) is 0 Å². The number of fused-ring (bicyclic) bond motifs is 1. The molecule has 1 aromatic heterocycles. The summed E-state index contributed by atoms with van der Waals surface area (Å²) in [6.45, 7) is 4.89. The van der Waals surface area contributed by atoms with E-state index in [4.69, 9.17) is 17.0 Å². The minimum absolute atomic E-state index is 0.0324. The molecule has 3 aromatic rings. The van der Waals surface area contributed by atoms with Gasteiger partial charge in [-0.05, 0) is 60.5 Å². The van der Waals surface area contributed by atoms with E-state index in [0.717, 1.165) is 12.0 Å². The molecule has 0 aliphatic carbocycles. The summed E-state index contributed by atoms with van der Waals surface area (Å²) < 4.78 is 6.32. The van der Waals surface area contributed by atoms with Gasteiger partial charge in [-0.3, -0.25) is 14.2 Å². The maximum absolute atomic E-state index is 13.0. The van der Waals surface area contributed by atoms with Crippen LogP contribution in [-0.4, -0.2) is 35.1 Å². The van der Waals surface area contributed by atoms with E-state index in [9.17, 15) is 14.4 Å². The second-order valence-corrected chi connectivity index (χ2v) is 8.09. The van der Waals surface area contributed by atoms with Crippen molar-refractivity contribution < 1.29 is 14.3 Å². The number of methoxy groups -OCH3 is 1. The molecule has 0 radical (unpaired) electrons. The lowest BCUT2D eigenvalue weighted by molar-refractivity contribution is -0.120. The third-order valence-electron chi connectivity index (χ3n) is 4.92. The van der Waals surface area contributed by atoms with E-state index in [1.807, 2.05) is 12.1 Å². The van der Waals surface area contributed by atoms with Gasteiger partial charge in [0.05, 0.1) is 35.7 Å². The molecule has 1 heterocycles. The van der Waals surface area contributed by atoms with E-state index < -0.39 is 5.97 Å². The number of hydrogen-bond acceptors (Lipinski definition) is 5. The van der Waals surface area contributed by atoms with Crippen LogP contribution in [0.5, 0.6) is 0 Å². The molecule has 162 valence electrons. The van der Waals surface area contributed by atoms with Gasteiger partial charge in [0.15, 0.2) is 4.77 Å². The third kappa shape index (κ3) is 5.27. The summed E-state index contributed by atoms with van der Waals surface area (Å²) in [5.74, 6) is 0.0144. The molecule has 0 spiro atoms. The molecule has 0 bridgehead atoms. The van der Waals surface area contributed by atoms with Gasteiger partial charge in [0.1, 0.15) is 0 Å². The molecule has 0 atom stereocenters. The molecule has 2 N–H and O–H groups in total. The van der Waals surface area contributed by atoms with Crippen LogP contribution in [0.2, 0.25) is 0 Å². The molecule has 0 saturated carbocycles. The highest BCUT2D eigenvalue weighted by Crippen LogP contribution is 2.15. The van der Waals surface area contributed by atoms with E-state index in [-0.39, 0.29) is 22.7 Å². The topological polar surface area (TPSA) is 93.2 Å². The van der Waals surface area contributed by atoms with Crippen molar-refractivity contribution in [3.8, 4) is 5.69 Å². The molecule has 0 saturated heterocycles. The minimum Gasteiger partial charge on any atom is -0.465 e. The second-order valence-electron chi connectivity index (χ2n) is 7.70. The summed E-state index contributed by atoms with van der Waals surface area (Å²) in [4.78, 5) is 39.9. The summed E-state index contributed by atoms with van der Waals surface area (Å²) in [6.07, 6.45) is 1.21. The largest absolute Gasteiger partial charge is 0.465 e. The fraction of sp³-hybridized carbons (Fsp3) is 0.304. The first kappa shape index (κ1) is 22.4. The number of carbonyl (C=O) groups excluding carboxylic acids is 2. The van der Waals surface area contributed by atoms with Gasteiger partial charge in [-0.1, -0.05) is 26.0 Å². The van der Waals surface area contributed by atoms with Gasteiger partial charge in [-0.2, -0.15) is 0 Å². The lowest BCUT2D eigenvalue weighted by atomic mass is 10.1. The number of esters is 1. The second kappa shape index (κ2) is 9.70. The smallest absolute Gasteiger partial charge is 0.337 e. The Bertz CT molecular complexity index is 1230. The van der Waals surface area contributed by atoms with E-state index in [1.165, 1.54) is 17.7 Å². The minimum atomic E-state index is -0.491. The van der Waals surface area contributed by atoms with Gasteiger partial charge >= 0.3 is 5.97 Å². The fourth-order valence-electron chi connectivity index (χ4n) is 3.21. The van der Waals surface area contributed by atoms with E-state index in [1.54, 1.807) is 24.3 Å². The fourth-order valence-corrected chi connectivity index (χ4v) is 3.51. The quantitative estimate of drug-likeness (QED) is 0.434. The molecular weight excluding hydrogens is 414 g/mol. The Morgan fingerprint density at radius 2 is 1.87 bits per heavy atom. The summed E-state index contributed by atoms with van der Waals surface area (Å²) >= 11 is 5.38. The van der Waals surface area contributed by atoms with Crippen LogP contribution in [0.3, 0.4) is 0 Å². The Kier molecular flexibility index (Phi) is 7.02. The Balaban J connectivity index is 1.85. The lowest BCUT2D eigenvalue weighted by Gasteiger charge is -2.10. The molecule has 0 aliphatic rings. The maximum atomic E-state index is 13.0. The zero-order chi connectivity index (χ0) is 22.5. The van der Waals surface area contributed by atoms with Crippen LogP contribution in [0.4, 0.5) is 0 Å². The highest BCUT2D eigenvalue weighted by Gasteiger charge is 2.12. The van der Waals surface area contributed by atoms with Crippen LogP contribution < -0.4 is 10.9 Å². The number of benzene rings is 2. The van der Waals surface area contributed by atoms with Crippen molar-refractivity contribution in [2.45, 2.75) is 26.7 Å². The molecule has 8 heteroatoms. The van der Waals surface area contributed by atoms with Crippen molar-refractivity contribution in [3.63, 3.8) is 0 Å². The summed E-state index contributed by atoms with van der Waals surface area (Å²) in [5.41, 5.74) is 1.93. The van der Waals surface area contributed by atoms with Gasteiger partial charge in [-0.25, -0.2) is 4.79 Å². The van der Waals surface area contributed by atoms with E-state index in [2.05, 4.69) is 24.1 Å². The predicted octanol–water partition coefficient (Wildman–Crippen LogP) is 3.54. The number of H-pyrrole nitrogens is 1. The predicted molar refractivity (Wildman–Crippen MR) is 122 cm³/mol. The van der Waals surface area contributed by atoms with Gasteiger partial charge in [0, 0.05) is 6.54 Å². The van der Waals surface area contributed by atoms with Crippen molar-refractivity contribution in [3.05, 3.63) is 68.7 Å². The van der Waals surface area contributed by atoms with Crippen LogP contribution in [-0.2, 0) is 16.0 Å². The van der Waals surface area contributed by atoms with Crippen molar-refractivity contribution in [2.75, 3.05) is 13.7 Å². The van der Waals surface area contributed by atoms with Crippen LogP contribution in [0.15, 0.2) is 47.3 Å². The Morgan fingerprint density at radius 3 is 2.52 bits per heavy atom. The molecule has 7 nitrogen and oxygen atoms in total. The summed E-state index contributed by atoms with van der Waals surface area (Å²) in [7, 11) is 1.30. The van der Waals surface area contributed by atoms with E-state index >= 15 is 0 Å². The van der Waals surface area contributed by atoms with Crippen molar-refractivity contribution in [1.82, 2.24) is 14.9 Å². The first-order chi connectivity index (χ1) is 14.8. The average molecular weight is 440 g/mol. The Labute approximate surface area is 185 Å². The zero-order valence-corrected chi connectivity index (χ0v) is 18.5. The Morgan fingerprint density at radius 1 is 1.16 bits per heavy atom. The molecule has 0 fully saturated rings. The highest BCUT2D eigenvalue weighted by molar-refractivity contribution is 7.71. The highest BCUT2D eigenvalue weighted by atomic mass is 32.1. The van der Waals surface area contributed by atoms with Crippen molar-refractivity contribution in [1.29, 1.82) is 0 Å². The number of ether oxygens (including phenoxy) is 1. The lowest BCUT2D eigenvalue weighted by Crippen LogP contribution is -2.26. The number of nitrogens with one attached hydrogen (secondary N) is 2. The van der Waals surface area contributed by atoms with Crippen LogP contribution >= 0.6 is 12.2 Å². The third-order valence-corrected chi connectivity index (χ3v) is 5.21. The number of aromatic amines is 1. The molecule has 0 unspecified atom stereocenters. The number of aromatic nitrogens is 2. The normalized spacial score (nSPS) is 11.0.